The van der Waals surface area contributed by atoms with Crippen molar-refractivity contribution in [1.82, 2.24) is 15.0 Å². The number of unbranched alkanes of at least 4 members (excludes halogenated alkanes) is 30. The summed E-state index contributed by atoms with van der Waals surface area (Å²) in [6, 6.07) is 6.28. The number of hydrogen-bond donors (Lipinski definition) is 1. The quantitative estimate of drug-likeness (QED) is 0.0492. The van der Waals surface area contributed by atoms with Gasteiger partial charge in [0.15, 0.2) is 0 Å². The second kappa shape index (κ2) is 56.3. The highest BCUT2D eigenvalue weighted by Gasteiger charge is 2.14. The van der Waals surface area contributed by atoms with E-state index in [9.17, 15) is 8.76 Å². The van der Waals surface area contributed by atoms with Gasteiger partial charge in [0.1, 0.15) is 17.2 Å². The standard InChI is InChI=1S/C62H115FN3O12P/c1-3-5-7-9-11-13-15-17-19-21-23-25-27-29-31-33-35-77-61-53-59(54-62(55-61)78-36-34-32-30-28-26-24-22-20-18-16-14-12-10-8-6-4-2)56-66-57-60(64-65-66)58-76-50-49-74-46-45-72-42-41-70-38-37-69-39-40-71-43-44-73-47-48-75-51-52-79(63,67)68/h53-55,57H,3-52,56,58H2,1-2H3,(H,67,68). The molecule has 1 atom stereocenters. The van der Waals surface area contributed by atoms with E-state index in [1.165, 1.54) is 193 Å². The molecule has 0 spiro atoms. The monoisotopic (exact) mass is 1140 g/mol. The summed E-state index contributed by atoms with van der Waals surface area (Å²) in [6.45, 7) is 12.6. The van der Waals surface area contributed by atoms with Crippen molar-refractivity contribution in [2.75, 3.05) is 118 Å². The van der Waals surface area contributed by atoms with Gasteiger partial charge < -0.3 is 52.3 Å². The lowest BCUT2D eigenvalue weighted by Gasteiger charge is -2.13. The highest BCUT2D eigenvalue weighted by Crippen LogP contribution is 2.41. The summed E-state index contributed by atoms with van der Waals surface area (Å²) in [4.78, 5) is 8.56. The minimum atomic E-state index is -4.52. The van der Waals surface area contributed by atoms with E-state index in [0.29, 0.717) is 112 Å². The molecule has 0 aliphatic heterocycles. The summed E-state index contributed by atoms with van der Waals surface area (Å²) >= 11 is 0. The molecule has 0 saturated carbocycles. The number of nitrogens with zero attached hydrogens (tertiary/aromatic N) is 3. The normalized spacial score (nSPS) is 12.5. The van der Waals surface area contributed by atoms with E-state index < -0.39 is 13.8 Å². The number of halogens is 1. The molecule has 0 amide bonds. The molecule has 79 heavy (non-hydrogen) atoms. The molecule has 0 bridgehead atoms. The second-order valence-electron chi connectivity index (χ2n) is 21.2. The van der Waals surface area contributed by atoms with Gasteiger partial charge in [-0.3, -0.25) is 4.57 Å². The molecular formula is C62H115FN3O12P. The van der Waals surface area contributed by atoms with E-state index in [1.54, 1.807) is 0 Å². The lowest BCUT2D eigenvalue weighted by molar-refractivity contribution is -0.0234. The van der Waals surface area contributed by atoms with Crippen LogP contribution in [0, 0.1) is 0 Å². The average Bonchev–Trinajstić information content (AvgIpc) is 3.89. The number of benzene rings is 1. The SMILES string of the molecule is CCCCCCCCCCCCCCCCCCOc1cc(Cn2cc(COCCOCCOCCOCCOCCOCCOCCOCCP(=O)(O)F)nn2)cc(OCCCCCCCCCCCCCCCCCC)c1. The van der Waals surface area contributed by atoms with Crippen molar-refractivity contribution in [3.63, 3.8) is 0 Å². The van der Waals surface area contributed by atoms with Crippen LogP contribution in [-0.4, -0.2) is 138 Å². The first-order valence-electron chi connectivity index (χ1n) is 31.8. The fraction of sp³-hybridized carbons (Fsp3) is 0.871. The molecule has 15 nitrogen and oxygen atoms in total. The third-order valence-corrected chi connectivity index (χ3v) is 14.5. The Morgan fingerprint density at radius 2 is 0.696 bits per heavy atom. The maximum Gasteiger partial charge on any atom is 0.367 e. The molecule has 0 radical (unpaired) electrons. The molecule has 1 aromatic carbocycles. The average molecular weight is 1140 g/mol. The first kappa shape index (κ1) is 72.9. The predicted molar refractivity (Wildman–Crippen MR) is 317 cm³/mol. The molecule has 462 valence electrons. The summed E-state index contributed by atoms with van der Waals surface area (Å²) in [6.07, 6.45) is 44.8. The second-order valence-corrected chi connectivity index (χ2v) is 22.9. The highest BCUT2D eigenvalue weighted by molar-refractivity contribution is 7.52. The number of hydrogen-bond acceptors (Lipinski definition) is 13. The van der Waals surface area contributed by atoms with Gasteiger partial charge in [0.05, 0.1) is 138 Å². The molecule has 1 unspecified atom stereocenters. The van der Waals surface area contributed by atoms with Crippen molar-refractivity contribution >= 4 is 7.68 Å². The summed E-state index contributed by atoms with van der Waals surface area (Å²) in [5.41, 5.74) is 1.83. The van der Waals surface area contributed by atoms with E-state index in [-0.39, 0.29) is 13.2 Å². The third kappa shape index (κ3) is 51.2. The van der Waals surface area contributed by atoms with Gasteiger partial charge in [-0.2, -0.15) is 4.20 Å². The van der Waals surface area contributed by atoms with Gasteiger partial charge in [0.2, 0.25) is 0 Å². The Kier molecular flexibility index (Phi) is 51.9. The Morgan fingerprint density at radius 1 is 0.405 bits per heavy atom. The molecule has 2 aromatic rings. The van der Waals surface area contributed by atoms with Gasteiger partial charge >= 0.3 is 7.68 Å². The molecule has 0 aliphatic rings. The Balaban J connectivity index is 1.57. The summed E-state index contributed by atoms with van der Waals surface area (Å²) in [5.74, 6) is 1.70. The maximum atomic E-state index is 12.5. The Labute approximate surface area is 480 Å². The van der Waals surface area contributed by atoms with Crippen LogP contribution in [0.25, 0.3) is 0 Å². The van der Waals surface area contributed by atoms with E-state index >= 15 is 0 Å². The van der Waals surface area contributed by atoms with Crippen LogP contribution in [0.4, 0.5) is 4.20 Å². The fourth-order valence-corrected chi connectivity index (χ4v) is 9.49. The van der Waals surface area contributed by atoms with Crippen LogP contribution >= 0.6 is 7.68 Å². The smallest absolute Gasteiger partial charge is 0.367 e. The minimum absolute atomic E-state index is 0.120. The number of rotatable bonds is 64. The van der Waals surface area contributed by atoms with Crippen LogP contribution < -0.4 is 9.47 Å². The zero-order valence-corrected chi connectivity index (χ0v) is 51.1. The predicted octanol–water partition coefficient (Wildman–Crippen LogP) is 15.4. The van der Waals surface area contributed by atoms with Crippen LogP contribution in [0.3, 0.4) is 0 Å². The largest absolute Gasteiger partial charge is 0.493 e. The van der Waals surface area contributed by atoms with Crippen LogP contribution in [0.2, 0.25) is 0 Å². The Morgan fingerprint density at radius 3 is 1.01 bits per heavy atom. The van der Waals surface area contributed by atoms with Crippen molar-refractivity contribution < 1.29 is 61.0 Å². The molecule has 1 aromatic heterocycles. The van der Waals surface area contributed by atoms with Crippen LogP contribution in [-0.2, 0) is 55.6 Å². The van der Waals surface area contributed by atoms with Gasteiger partial charge in [-0.1, -0.05) is 212 Å². The molecule has 1 heterocycles. The maximum absolute atomic E-state index is 12.5. The molecule has 0 aliphatic carbocycles. The van der Waals surface area contributed by atoms with Crippen molar-refractivity contribution in [3.05, 3.63) is 35.7 Å². The van der Waals surface area contributed by atoms with E-state index in [0.717, 1.165) is 35.6 Å². The topological polar surface area (TPSA) is 160 Å². The van der Waals surface area contributed by atoms with Crippen molar-refractivity contribution in [3.8, 4) is 11.5 Å². The lowest BCUT2D eigenvalue weighted by atomic mass is 10.0. The third-order valence-electron chi connectivity index (χ3n) is 13.8. The lowest BCUT2D eigenvalue weighted by Crippen LogP contribution is -2.15. The zero-order valence-electron chi connectivity index (χ0n) is 50.2. The molecule has 0 saturated heterocycles. The minimum Gasteiger partial charge on any atom is -0.493 e. The summed E-state index contributed by atoms with van der Waals surface area (Å²) in [5, 5.41) is 8.76. The van der Waals surface area contributed by atoms with Crippen LogP contribution in [0.1, 0.15) is 231 Å². The highest BCUT2D eigenvalue weighted by atomic mass is 31.2. The van der Waals surface area contributed by atoms with Crippen molar-refractivity contribution in [2.45, 2.75) is 232 Å². The van der Waals surface area contributed by atoms with Crippen LogP contribution in [0.5, 0.6) is 11.5 Å². The molecular weight excluding hydrogens is 1030 g/mol. The van der Waals surface area contributed by atoms with Gasteiger partial charge in [0.25, 0.3) is 0 Å². The molecule has 17 heteroatoms. The number of ether oxygens (including phenoxy) is 10. The first-order chi connectivity index (χ1) is 38.9. The zero-order chi connectivity index (χ0) is 56.5. The summed E-state index contributed by atoms with van der Waals surface area (Å²) < 4.78 is 81.5. The van der Waals surface area contributed by atoms with E-state index in [2.05, 4.69) is 42.4 Å². The summed E-state index contributed by atoms with van der Waals surface area (Å²) in [7, 11) is -4.52. The molecule has 1 N–H and O–H groups in total. The van der Waals surface area contributed by atoms with Gasteiger partial charge in [-0.05, 0) is 30.5 Å². The van der Waals surface area contributed by atoms with E-state index in [4.69, 9.17) is 52.3 Å². The van der Waals surface area contributed by atoms with Gasteiger partial charge in [-0.15, -0.1) is 5.10 Å². The van der Waals surface area contributed by atoms with E-state index in [1.807, 2.05) is 10.9 Å². The number of aromatic nitrogens is 3. The Hall–Kier alpha value is -2.24. The van der Waals surface area contributed by atoms with Gasteiger partial charge in [-0.25, -0.2) is 4.68 Å². The first-order valence-corrected chi connectivity index (χ1v) is 33.5. The van der Waals surface area contributed by atoms with Crippen molar-refractivity contribution in [1.29, 1.82) is 0 Å². The molecule has 0 fully saturated rings. The molecule has 2 rings (SSSR count). The fourth-order valence-electron chi connectivity index (χ4n) is 9.13. The van der Waals surface area contributed by atoms with Crippen molar-refractivity contribution in [2.24, 2.45) is 0 Å². The van der Waals surface area contributed by atoms with Gasteiger partial charge in [0, 0.05) is 6.07 Å². The Bertz CT molecular complexity index is 1570. The van der Waals surface area contributed by atoms with Crippen LogP contribution in [0.15, 0.2) is 24.4 Å².